The molecule has 2 heterocycles. The molecule has 9 nitrogen and oxygen atoms in total. The average Bonchev–Trinajstić information content (AvgIpc) is 3.40. The minimum absolute atomic E-state index is 0.360. The van der Waals surface area contributed by atoms with E-state index in [0.29, 0.717) is 51.8 Å². The molecule has 0 saturated carbocycles. The number of benzene rings is 3. The van der Waals surface area contributed by atoms with Crippen molar-refractivity contribution < 1.29 is 19.0 Å². The van der Waals surface area contributed by atoms with E-state index in [1.165, 1.54) is 20.5 Å². The lowest BCUT2D eigenvalue weighted by atomic mass is 9.94. The summed E-state index contributed by atoms with van der Waals surface area (Å²) in [5, 5.41) is 10.9. The zero-order valence-corrected chi connectivity index (χ0v) is 21.8. The maximum absolute atomic E-state index is 13.9. The Hall–Kier alpha value is -4.50. The Labute approximate surface area is 225 Å². The number of hydrogen-bond acceptors (Lipinski definition) is 7. The van der Waals surface area contributed by atoms with Crippen LogP contribution in [0.2, 0.25) is 5.02 Å². The quantitative estimate of drug-likeness (QED) is 0.311. The van der Waals surface area contributed by atoms with Crippen LogP contribution < -0.4 is 24.8 Å². The molecule has 1 atom stereocenters. The number of fused-ring (bicyclic) bond motifs is 1. The van der Waals surface area contributed by atoms with Crippen LogP contribution in [-0.4, -0.2) is 34.9 Å². The standard InChI is InChI=1S/C28H26ClN5O4/c1-17-25(27(35)33-21-14-23(36-2)20(29)13-24(21)37-3)26(34-28(32-17)30-16-31-34)19-11-7-8-12-22(19)38-15-18-9-5-4-6-10-18/h4-14,16,26H,15H2,1-3H3,(H,33,35)(H,30,31,32)/t26-/m0/s1. The van der Waals surface area contributed by atoms with E-state index < -0.39 is 6.04 Å². The first kappa shape index (κ1) is 25.2. The van der Waals surface area contributed by atoms with Crippen molar-refractivity contribution in [2.24, 2.45) is 0 Å². The Kier molecular flexibility index (Phi) is 7.19. The maximum atomic E-state index is 13.9. The van der Waals surface area contributed by atoms with Crippen molar-refractivity contribution in [3.05, 3.63) is 100 Å². The van der Waals surface area contributed by atoms with Crippen LogP contribution in [0.4, 0.5) is 11.6 Å². The van der Waals surface area contributed by atoms with E-state index in [1.54, 1.807) is 16.8 Å². The van der Waals surface area contributed by atoms with Gasteiger partial charge in [-0.05, 0) is 18.6 Å². The van der Waals surface area contributed by atoms with Crippen LogP contribution in [0.3, 0.4) is 0 Å². The van der Waals surface area contributed by atoms with Crippen molar-refractivity contribution in [1.82, 2.24) is 14.8 Å². The zero-order chi connectivity index (χ0) is 26.6. The predicted octanol–water partition coefficient (Wildman–Crippen LogP) is 5.46. The fraction of sp³-hybridized carbons (Fsp3) is 0.179. The molecule has 1 aliphatic rings. The average molecular weight is 532 g/mol. The van der Waals surface area contributed by atoms with Crippen LogP contribution in [0.25, 0.3) is 0 Å². The summed E-state index contributed by atoms with van der Waals surface area (Å²) >= 11 is 6.26. The van der Waals surface area contributed by atoms with Gasteiger partial charge in [0.15, 0.2) is 0 Å². The number of halogens is 1. The smallest absolute Gasteiger partial charge is 0.255 e. The number of carbonyl (C=O) groups is 1. The third-order valence-corrected chi connectivity index (χ3v) is 6.51. The van der Waals surface area contributed by atoms with E-state index in [0.717, 1.165) is 11.1 Å². The number of para-hydroxylation sites is 1. The molecule has 1 aromatic heterocycles. The Morgan fingerprint density at radius 1 is 1.03 bits per heavy atom. The minimum Gasteiger partial charge on any atom is -0.495 e. The number of nitrogens with zero attached hydrogens (tertiary/aromatic N) is 3. The third-order valence-electron chi connectivity index (χ3n) is 6.21. The molecule has 2 N–H and O–H groups in total. The van der Waals surface area contributed by atoms with Gasteiger partial charge in [-0.1, -0.05) is 60.1 Å². The second kappa shape index (κ2) is 10.9. The molecule has 0 fully saturated rings. The van der Waals surface area contributed by atoms with Crippen molar-refractivity contribution in [2.75, 3.05) is 24.9 Å². The summed E-state index contributed by atoms with van der Waals surface area (Å²) < 4.78 is 18.7. The zero-order valence-electron chi connectivity index (χ0n) is 21.1. The first-order chi connectivity index (χ1) is 18.5. The first-order valence-corrected chi connectivity index (χ1v) is 12.2. The van der Waals surface area contributed by atoms with E-state index >= 15 is 0 Å². The highest BCUT2D eigenvalue weighted by Crippen LogP contribution is 2.41. The molecule has 10 heteroatoms. The molecule has 3 aromatic carbocycles. The summed E-state index contributed by atoms with van der Waals surface area (Å²) in [7, 11) is 3.01. The molecule has 0 aliphatic carbocycles. The molecule has 0 unspecified atom stereocenters. The summed E-state index contributed by atoms with van der Waals surface area (Å²) in [6.07, 6.45) is 1.45. The molecular formula is C28H26ClN5O4. The summed E-state index contributed by atoms with van der Waals surface area (Å²) in [6, 6.07) is 20.1. The van der Waals surface area contributed by atoms with Crippen LogP contribution in [0.1, 0.15) is 24.1 Å². The SMILES string of the molecule is COc1cc(NC(=O)C2=C(C)Nc3ncnn3[C@H]2c2ccccc2OCc2ccccc2)c(OC)cc1Cl. The van der Waals surface area contributed by atoms with Gasteiger partial charge in [0.1, 0.15) is 36.2 Å². The van der Waals surface area contributed by atoms with Crippen molar-refractivity contribution in [3.63, 3.8) is 0 Å². The molecule has 38 heavy (non-hydrogen) atoms. The number of carbonyl (C=O) groups excluding carboxylic acids is 1. The van der Waals surface area contributed by atoms with Gasteiger partial charge in [0.2, 0.25) is 5.95 Å². The molecule has 0 radical (unpaired) electrons. The second-order valence-electron chi connectivity index (χ2n) is 8.55. The van der Waals surface area contributed by atoms with Crippen LogP contribution in [0.15, 0.2) is 84.3 Å². The fourth-order valence-electron chi connectivity index (χ4n) is 4.39. The number of anilines is 2. The molecule has 0 saturated heterocycles. The molecule has 1 aliphatic heterocycles. The van der Waals surface area contributed by atoms with Gasteiger partial charge in [0.05, 0.1) is 30.5 Å². The number of rotatable bonds is 8. The number of nitrogens with one attached hydrogen (secondary N) is 2. The summed E-state index contributed by atoms with van der Waals surface area (Å²) in [6.45, 7) is 2.20. The highest BCUT2D eigenvalue weighted by molar-refractivity contribution is 6.32. The molecule has 1 amide bonds. The monoisotopic (exact) mass is 531 g/mol. The molecule has 0 spiro atoms. The number of allylic oxidation sites excluding steroid dienone is 1. The molecule has 0 bridgehead atoms. The molecule has 5 rings (SSSR count). The summed E-state index contributed by atoms with van der Waals surface area (Å²) in [4.78, 5) is 18.2. The normalized spacial score (nSPS) is 14.4. The van der Waals surface area contributed by atoms with Crippen LogP contribution in [-0.2, 0) is 11.4 Å². The summed E-state index contributed by atoms with van der Waals surface area (Å²) in [5.74, 6) is 1.60. The van der Waals surface area contributed by atoms with Gasteiger partial charge in [-0.3, -0.25) is 4.79 Å². The lowest BCUT2D eigenvalue weighted by Gasteiger charge is -2.30. The highest BCUT2D eigenvalue weighted by atomic mass is 35.5. The second-order valence-corrected chi connectivity index (χ2v) is 8.95. The van der Waals surface area contributed by atoms with Crippen LogP contribution in [0.5, 0.6) is 17.2 Å². The predicted molar refractivity (Wildman–Crippen MR) is 145 cm³/mol. The van der Waals surface area contributed by atoms with E-state index in [1.807, 2.05) is 61.5 Å². The number of methoxy groups -OCH3 is 2. The summed E-state index contributed by atoms with van der Waals surface area (Å²) in [5.41, 5.74) is 3.28. The van der Waals surface area contributed by atoms with Gasteiger partial charge < -0.3 is 24.8 Å². The van der Waals surface area contributed by atoms with E-state index in [-0.39, 0.29) is 5.91 Å². The minimum atomic E-state index is -0.610. The number of amides is 1. The van der Waals surface area contributed by atoms with Crippen molar-refractivity contribution >= 4 is 29.1 Å². The van der Waals surface area contributed by atoms with Gasteiger partial charge in [-0.2, -0.15) is 10.1 Å². The molecular weight excluding hydrogens is 506 g/mol. The topological polar surface area (TPSA) is 99.5 Å². The Balaban J connectivity index is 1.54. The molecule has 194 valence electrons. The largest absolute Gasteiger partial charge is 0.495 e. The first-order valence-electron chi connectivity index (χ1n) is 11.9. The Morgan fingerprint density at radius 3 is 2.53 bits per heavy atom. The van der Waals surface area contributed by atoms with Crippen LogP contribution >= 0.6 is 11.6 Å². The van der Waals surface area contributed by atoms with Gasteiger partial charge in [-0.25, -0.2) is 4.68 Å². The van der Waals surface area contributed by atoms with Crippen molar-refractivity contribution in [3.8, 4) is 17.2 Å². The van der Waals surface area contributed by atoms with Gasteiger partial charge >= 0.3 is 0 Å². The van der Waals surface area contributed by atoms with Crippen LogP contribution in [0, 0.1) is 0 Å². The number of aromatic nitrogens is 3. The van der Waals surface area contributed by atoms with Gasteiger partial charge in [-0.15, -0.1) is 0 Å². The van der Waals surface area contributed by atoms with E-state index in [9.17, 15) is 4.79 Å². The Bertz CT molecular complexity index is 1500. The number of hydrogen-bond donors (Lipinski definition) is 2. The highest BCUT2D eigenvalue weighted by Gasteiger charge is 2.35. The van der Waals surface area contributed by atoms with E-state index in [2.05, 4.69) is 20.7 Å². The van der Waals surface area contributed by atoms with Gasteiger partial charge in [0.25, 0.3) is 5.91 Å². The fourth-order valence-corrected chi connectivity index (χ4v) is 4.62. The lowest BCUT2D eigenvalue weighted by Crippen LogP contribution is -2.31. The van der Waals surface area contributed by atoms with Crippen molar-refractivity contribution in [2.45, 2.75) is 19.6 Å². The Morgan fingerprint density at radius 2 is 1.76 bits per heavy atom. The molecule has 4 aromatic rings. The van der Waals surface area contributed by atoms with Crippen molar-refractivity contribution in [1.29, 1.82) is 0 Å². The number of ether oxygens (including phenoxy) is 3. The van der Waals surface area contributed by atoms with Gasteiger partial charge in [0, 0.05) is 23.4 Å². The third kappa shape index (κ3) is 4.88. The maximum Gasteiger partial charge on any atom is 0.255 e. The van der Waals surface area contributed by atoms with E-state index in [4.69, 9.17) is 25.8 Å². The lowest BCUT2D eigenvalue weighted by molar-refractivity contribution is -0.113.